The number of unbranched alkanes of at least 4 members (excludes halogenated alkanes) is 3. The normalized spacial score (nSPS) is 20.4. The van der Waals surface area contributed by atoms with E-state index in [0.717, 1.165) is 43.9 Å². The van der Waals surface area contributed by atoms with Gasteiger partial charge in [0.1, 0.15) is 23.1 Å². The summed E-state index contributed by atoms with van der Waals surface area (Å²) in [4.78, 5) is 0. The minimum atomic E-state index is -0.312. The zero-order chi connectivity index (χ0) is 35.1. The molecule has 0 aromatic heterocycles. The molecule has 0 atom stereocenters. The van der Waals surface area contributed by atoms with E-state index in [1.54, 1.807) is 24.3 Å². The summed E-state index contributed by atoms with van der Waals surface area (Å²) in [6.45, 7) is 10.1. The molecule has 49 heavy (non-hydrogen) atoms. The summed E-state index contributed by atoms with van der Waals surface area (Å²) in [5, 5.41) is 0. The van der Waals surface area contributed by atoms with Crippen molar-refractivity contribution in [2.45, 2.75) is 124 Å². The smallest absolute Gasteiger partial charge is 0.142 e. The molecular formula is C45H60F2O2. The molecular weight excluding hydrogens is 610 g/mol. The SMILES string of the molecule is CCCCCOc1ccc(C#CC=CC2CCC(CC)CC2)c(F)c1.CCCCOc1ccc(C#CC=CC2CCC(CC)CC2)c(F)c1. The minimum absolute atomic E-state index is 0.308. The van der Waals surface area contributed by atoms with Gasteiger partial charge in [-0.1, -0.05) is 95.6 Å². The maximum atomic E-state index is 14.1. The summed E-state index contributed by atoms with van der Waals surface area (Å²) < 4.78 is 39.2. The Morgan fingerprint density at radius 2 is 1.02 bits per heavy atom. The number of rotatable bonds is 13. The van der Waals surface area contributed by atoms with Crippen molar-refractivity contribution in [2.75, 3.05) is 13.2 Å². The van der Waals surface area contributed by atoms with Crippen LogP contribution in [-0.2, 0) is 0 Å². The molecule has 0 aliphatic heterocycles. The summed E-state index contributed by atoms with van der Waals surface area (Å²) in [6, 6.07) is 9.86. The van der Waals surface area contributed by atoms with Gasteiger partial charge in [0, 0.05) is 12.1 Å². The fourth-order valence-electron chi connectivity index (χ4n) is 6.44. The van der Waals surface area contributed by atoms with E-state index in [2.05, 4.69) is 63.5 Å². The van der Waals surface area contributed by atoms with Crippen LogP contribution in [-0.4, -0.2) is 13.2 Å². The summed E-state index contributed by atoms with van der Waals surface area (Å²) >= 11 is 0. The van der Waals surface area contributed by atoms with Crippen molar-refractivity contribution in [1.29, 1.82) is 0 Å². The van der Waals surface area contributed by atoms with Gasteiger partial charge in [0.25, 0.3) is 0 Å². The van der Waals surface area contributed by atoms with Crippen LogP contribution >= 0.6 is 0 Å². The Balaban J connectivity index is 0.000000266. The Hall–Kier alpha value is -3.50. The monoisotopic (exact) mass is 670 g/mol. The second kappa shape index (κ2) is 23.8. The van der Waals surface area contributed by atoms with Gasteiger partial charge >= 0.3 is 0 Å². The van der Waals surface area contributed by atoms with Crippen LogP contribution in [0.4, 0.5) is 8.78 Å². The van der Waals surface area contributed by atoms with Crippen LogP contribution in [0.5, 0.6) is 11.5 Å². The second-order valence-corrected chi connectivity index (χ2v) is 13.7. The largest absolute Gasteiger partial charge is 0.493 e. The maximum Gasteiger partial charge on any atom is 0.142 e. The summed E-state index contributed by atoms with van der Waals surface area (Å²) in [7, 11) is 0. The van der Waals surface area contributed by atoms with Gasteiger partial charge in [-0.3, -0.25) is 0 Å². The fourth-order valence-corrected chi connectivity index (χ4v) is 6.44. The van der Waals surface area contributed by atoms with Crippen molar-refractivity contribution in [3.8, 4) is 35.2 Å². The molecule has 0 heterocycles. The number of benzene rings is 2. The molecule has 0 unspecified atom stereocenters. The highest BCUT2D eigenvalue weighted by molar-refractivity contribution is 5.42. The summed E-state index contributed by atoms with van der Waals surface area (Å²) in [6.07, 6.45) is 26.5. The first kappa shape index (κ1) is 39.9. The van der Waals surface area contributed by atoms with E-state index in [1.165, 1.54) is 76.3 Å². The van der Waals surface area contributed by atoms with Gasteiger partial charge in [-0.05, 0) is 124 Å². The van der Waals surface area contributed by atoms with E-state index >= 15 is 0 Å². The van der Waals surface area contributed by atoms with Crippen molar-refractivity contribution >= 4 is 0 Å². The van der Waals surface area contributed by atoms with Crippen LogP contribution in [0.1, 0.15) is 135 Å². The Labute approximate surface area is 297 Å². The standard InChI is InChI=1S/C23H31FO.C22H29FO/c1-3-5-8-17-25-22-16-15-21(23(24)18-22)10-7-6-9-20-13-11-19(4-2)12-14-20;1-3-5-16-24-21-15-14-20(22(23)17-21)9-7-6-8-19-12-10-18(4-2)11-13-19/h6,9,15-16,18-20H,3-5,8,11-14,17H2,1-2H3;6,8,14-15,17-19H,3-5,10-13,16H2,1-2H3. The van der Waals surface area contributed by atoms with Gasteiger partial charge < -0.3 is 9.47 Å². The molecule has 2 aliphatic carbocycles. The lowest BCUT2D eigenvalue weighted by molar-refractivity contribution is 0.304. The Morgan fingerprint density at radius 3 is 1.41 bits per heavy atom. The van der Waals surface area contributed by atoms with Crippen molar-refractivity contribution in [3.63, 3.8) is 0 Å². The van der Waals surface area contributed by atoms with Gasteiger partial charge in [0.2, 0.25) is 0 Å². The first-order valence-corrected chi connectivity index (χ1v) is 19.2. The number of allylic oxidation sites excluding steroid dienone is 4. The lowest BCUT2D eigenvalue weighted by Gasteiger charge is -2.25. The molecule has 2 nitrogen and oxygen atoms in total. The third-order valence-electron chi connectivity index (χ3n) is 9.92. The summed E-state index contributed by atoms with van der Waals surface area (Å²) in [5.74, 6) is 15.4. The number of ether oxygens (including phenoxy) is 2. The highest BCUT2D eigenvalue weighted by Gasteiger charge is 2.18. The van der Waals surface area contributed by atoms with Gasteiger partial charge in [0.15, 0.2) is 0 Å². The van der Waals surface area contributed by atoms with E-state index in [4.69, 9.17) is 9.47 Å². The molecule has 2 aromatic carbocycles. The summed E-state index contributed by atoms with van der Waals surface area (Å²) in [5.41, 5.74) is 0.859. The highest BCUT2D eigenvalue weighted by atomic mass is 19.1. The quantitative estimate of drug-likeness (QED) is 0.156. The van der Waals surface area contributed by atoms with E-state index in [1.807, 2.05) is 12.2 Å². The molecule has 266 valence electrons. The van der Waals surface area contributed by atoms with Gasteiger partial charge in [-0.15, -0.1) is 0 Å². The van der Waals surface area contributed by atoms with Gasteiger partial charge in [-0.25, -0.2) is 8.78 Å². The van der Waals surface area contributed by atoms with Gasteiger partial charge in [-0.2, -0.15) is 0 Å². The zero-order valence-electron chi connectivity index (χ0n) is 30.7. The second-order valence-electron chi connectivity index (χ2n) is 13.7. The molecule has 4 heteroatoms. The molecule has 2 fully saturated rings. The van der Waals surface area contributed by atoms with Crippen molar-refractivity contribution in [3.05, 3.63) is 83.5 Å². The Kier molecular flexibility index (Phi) is 19.4. The first-order chi connectivity index (χ1) is 23.9. The third kappa shape index (κ3) is 15.7. The van der Waals surface area contributed by atoms with E-state index < -0.39 is 0 Å². The lowest BCUT2D eigenvalue weighted by Crippen LogP contribution is -2.11. The average Bonchev–Trinajstić information content (AvgIpc) is 3.13. The highest BCUT2D eigenvalue weighted by Crippen LogP contribution is 2.32. The van der Waals surface area contributed by atoms with Crippen molar-refractivity contribution in [2.24, 2.45) is 23.7 Å². The Morgan fingerprint density at radius 1 is 0.592 bits per heavy atom. The minimum Gasteiger partial charge on any atom is -0.493 e. The van der Waals surface area contributed by atoms with E-state index in [-0.39, 0.29) is 11.6 Å². The predicted molar refractivity (Wildman–Crippen MR) is 202 cm³/mol. The maximum absolute atomic E-state index is 14.1. The molecule has 2 aromatic rings. The zero-order valence-corrected chi connectivity index (χ0v) is 30.7. The molecule has 0 saturated heterocycles. The van der Waals surface area contributed by atoms with Crippen molar-refractivity contribution < 1.29 is 18.3 Å². The molecule has 0 spiro atoms. The molecule has 0 radical (unpaired) electrons. The Bertz CT molecular complexity index is 1400. The van der Waals surface area contributed by atoms with Crippen molar-refractivity contribution in [1.82, 2.24) is 0 Å². The predicted octanol–water partition coefficient (Wildman–Crippen LogP) is 12.6. The molecule has 4 rings (SSSR count). The lowest BCUT2D eigenvalue weighted by atomic mass is 9.81. The fraction of sp³-hybridized carbons (Fsp3) is 0.556. The van der Waals surface area contributed by atoms with Crippen LogP contribution < -0.4 is 9.47 Å². The van der Waals surface area contributed by atoms with Crippen LogP contribution in [0.2, 0.25) is 0 Å². The molecule has 0 N–H and O–H groups in total. The number of halogens is 2. The van der Waals surface area contributed by atoms with Gasteiger partial charge in [0.05, 0.1) is 24.3 Å². The first-order valence-electron chi connectivity index (χ1n) is 19.2. The molecule has 0 amide bonds. The third-order valence-corrected chi connectivity index (χ3v) is 9.92. The average molecular weight is 671 g/mol. The van der Waals surface area contributed by atoms with E-state index in [0.29, 0.717) is 47.7 Å². The number of hydrogen-bond donors (Lipinski definition) is 0. The van der Waals surface area contributed by atoms with Crippen LogP contribution in [0.3, 0.4) is 0 Å². The molecule has 0 bridgehead atoms. The topological polar surface area (TPSA) is 18.5 Å². The number of hydrogen-bond acceptors (Lipinski definition) is 2. The van der Waals surface area contributed by atoms with Crippen LogP contribution in [0, 0.1) is 59.0 Å². The van der Waals surface area contributed by atoms with E-state index in [9.17, 15) is 8.78 Å². The molecule has 2 saturated carbocycles. The van der Waals surface area contributed by atoms with Crippen LogP contribution in [0.15, 0.2) is 60.7 Å². The van der Waals surface area contributed by atoms with Crippen LogP contribution in [0.25, 0.3) is 0 Å². The molecule has 2 aliphatic rings.